The maximum Gasteiger partial charge on any atom is 0.291 e. The molecule has 0 aliphatic carbocycles. The van der Waals surface area contributed by atoms with Gasteiger partial charge in [-0.15, -0.1) is 0 Å². The van der Waals surface area contributed by atoms with Crippen LogP contribution in [0.4, 0.5) is 0 Å². The lowest BCUT2D eigenvalue weighted by Gasteiger charge is -2.07. The van der Waals surface area contributed by atoms with Gasteiger partial charge in [0.1, 0.15) is 0 Å². The summed E-state index contributed by atoms with van der Waals surface area (Å²) < 4.78 is 10.3. The van der Waals surface area contributed by atoms with Gasteiger partial charge in [0.05, 0.1) is 20.4 Å². The maximum absolute atomic E-state index is 11.7. The van der Waals surface area contributed by atoms with Crippen molar-refractivity contribution in [1.29, 1.82) is 0 Å². The summed E-state index contributed by atoms with van der Waals surface area (Å²) >= 11 is 0. The number of aromatic amines is 1. The Hall–Kier alpha value is -2.83. The molecule has 0 saturated carbocycles. The van der Waals surface area contributed by atoms with Gasteiger partial charge in [-0.25, -0.2) is 5.43 Å². The molecule has 0 bridgehead atoms. The van der Waals surface area contributed by atoms with Crippen LogP contribution in [0.15, 0.2) is 29.4 Å². The molecule has 0 radical (unpaired) electrons. The second kappa shape index (κ2) is 6.56. The molecule has 0 atom stereocenters. The molecule has 2 N–H and O–H groups in total. The third-order valence-corrected chi connectivity index (χ3v) is 2.73. The summed E-state index contributed by atoms with van der Waals surface area (Å²) in [7, 11) is 3.12. The van der Waals surface area contributed by atoms with E-state index in [4.69, 9.17) is 9.47 Å². The van der Waals surface area contributed by atoms with Gasteiger partial charge >= 0.3 is 0 Å². The molecule has 0 spiro atoms. The molecule has 0 unspecified atom stereocenters. The highest BCUT2D eigenvalue weighted by molar-refractivity contribution is 5.93. The minimum absolute atomic E-state index is 0.289. The zero-order chi connectivity index (χ0) is 15.2. The van der Waals surface area contributed by atoms with Crippen LogP contribution in [0.5, 0.6) is 11.5 Å². The third-order valence-electron chi connectivity index (χ3n) is 2.73. The highest BCUT2D eigenvalue weighted by atomic mass is 16.5. The maximum atomic E-state index is 11.7. The highest BCUT2D eigenvalue weighted by Crippen LogP contribution is 2.26. The van der Waals surface area contributed by atoms with E-state index >= 15 is 0 Å². The molecule has 0 saturated heterocycles. The van der Waals surface area contributed by atoms with Crippen molar-refractivity contribution in [3.8, 4) is 11.5 Å². The molecule has 0 fully saturated rings. The number of methoxy groups -OCH3 is 2. The second-order valence-electron chi connectivity index (χ2n) is 4.25. The predicted octanol–water partition coefficient (Wildman–Crippen LogP) is 1.50. The van der Waals surface area contributed by atoms with Gasteiger partial charge in [0.25, 0.3) is 5.91 Å². The predicted molar refractivity (Wildman–Crippen MR) is 77.9 cm³/mol. The van der Waals surface area contributed by atoms with E-state index in [1.54, 1.807) is 38.5 Å². The van der Waals surface area contributed by atoms with Gasteiger partial charge in [0, 0.05) is 5.69 Å². The van der Waals surface area contributed by atoms with Gasteiger partial charge in [0.2, 0.25) is 0 Å². The molecule has 1 aromatic heterocycles. The van der Waals surface area contributed by atoms with Gasteiger partial charge in [0.15, 0.2) is 17.2 Å². The molecule has 2 aromatic rings. The number of rotatable bonds is 5. The second-order valence-corrected chi connectivity index (χ2v) is 4.25. The number of carbonyl (C=O) groups is 1. The molecule has 1 amide bonds. The molecule has 1 heterocycles. The highest BCUT2D eigenvalue weighted by Gasteiger charge is 2.07. The van der Waals surface area contributed by atoms with Crippen LogP contribution in [0, 0.1) is 6.92 Å². The Morgan fingerprint density at radius 3 is 2.67 bits per heavy atom. The number of aryl methyl sites for hydroxylation is 1. The smallest absolute Gasteiger partial charge is 0.291 e. The van der Waals surface area contributed by atoms with Gasteiger partial charge in [-0.3, -0.25) is 9.89 Å². The van der Waals surface area contributed by atoms with Gasteiger partial charge in [-0.05, 0) is 36.8 Å². The number of aromatic nitrogens is 2. The van der Waals surface area contributed by atoms with E-state index in [2.05, 4.69) is 20.7 Å². The number of hydrogen-bond acceptors (Lipinski definition) is 5. The van der Waals surface area contributed by atoms with E-state index in [0.717, 1.165) is 11.3 Å². The number of hydrazone groups is 1. The minimum Gasteiger partial charge on any atom is -0.493 e. The summed E-state index contributed by atoms with van der Waals surface area (Å²) in [6, 6.07) is 6.96. The number of carbonyl (C=O) groups excluding carboxylic acids is 1. The van der Waals surface area contributed by atoms with Crippen LogP contribution in [0.2, 0.25) is 0 Å². The van der Waals surface area contributed by atoms with E-state index in [1.807, 2.05) is 6.92 Å². The summed E-state index contributed by atoms with van der Waals surface area (Å²) in [5.74, 6) is 0.845. The monoisotopic (exact) mass is 288 g/mol. The summed E-state index contributed by atoms with van der Waals surface area (Å²) in [5, 5.41) is 10.4. The van der Waals surface area contributed by atoms with Crippen molar-refractivity contribution in [3.05, 3.63) is 41.2 Å². The minimum atomic E-state index is -0.379. The van der Waals surface area contributed by atoms with Crippen LogP contribution < -0.4 is 14.9 Å². The molecule has 7 nitrogen and oxygen atoms in total. The van der Waals surface area contributed by atoms with Gasteiger partial charge < -0.3 is 9.47 Å². The average molecular weight is 288 g/mol. The van der Waals surface area contributed by atoms with Crippen molar-refractivity contribution in [2.75, 3.05) is 14.2 Å². The fraction of sp³-hybridized carbons (Fsp3) is 0.214. The molecular formula is C14H16N4O3. The topological polar surface area (TPSA) is 88.6 Å². The lowest BCUT2D eigenvalue weighted by atomic mass is 10.2. The summed E-state index contributed by atoms with van der Waals surface area (Å²) in [4.78, 5) is 11.7. The zero-order valence-electron chi connectivity index (χ0n) is 12.0. The molecule has 7 heteroatoms. The lowest BCUT2D eigenvalue weighted by molar-refractivity contribution is 0.0950. The molecule has 1 aromatic carbocycles. The summed E-state index contributed by atoms with van der Waals surface area (Å²) in [6.07, 6.45) is 1.51. The first-order valence-electron chi connectivity index (χ1n) is 6.21. The Morgan fingerprint density at radius 2 is 2.05 bits per heavy atom. The first-order valence-corrected chi connectivity index (χ1v) is 6.21. The number of H-pyrrole nitrogens is 1. The molecule has 110 valence electrons. The molecule has 0 aliphatic heterocycles. The van der Waals surface area contributed by atoms with E-state index in [9.17, 15) is 4.79 Å². The number of amides is 1. The van der Waals surface area contributed by atoms with Gasteiger partial charge in [-0.1, -0.05) is 0 Å². The fourth-order valence-corrected chi connectivity index (χ4v) is 1.69. The fourth-order valence-electron chi connectivity index (χ4n) is 1.69. The SMILES string of the molecule is COc1ccc(/C=N/NC(=O)c2cc(C)[nH]n2)cc1OC. The van der Waals surface area contributed by atoms with E-state index in [0.29, 0.717) is 11.5 Å². The molecular weight excluding hydrogens is 272 g/mol. The third kappa shape index (κ3) is 3.59. The van der Waals surface area contributed by atoms with E-state index < -0.39 is 0 Å². The van der Waals surface area contributed by atoms with Crippen LogP contribution in [-0.2, 0) is 0 Å². The van der Waals surface area contributed by atoms with Gasteiger partial charge in [-0.2, -0.15) is 10.2 Å². The molecule has 2 rings (SSSR count). The Labute approximate surface area is 122 Å². The number of benzene rings is 1. The number of ether oxygens (including phenoxy) is 2. The van der Waals surface area contributed by atoms with Crippen molar-refractivity contribution in [3.63, 3.8) is 0 Å². The molecule has 21 heavy (non-hydrogen) atoms. The quantitative estimate of drug-likeness (QED) is 0.644. The standard InChI is InChI=1S/C14H16N4O3/c1-9-6-11(17-16-9)14(19)18-15-8-10-4-5-12(20-2)13(7-10)21-3/h4-8H,1-3H3,(H,16,17)(H,18,19)/b15-8+. The Morgan fingerprint density at radius 1 is 1.29 bits per heavy atom. The average Bonchev–Trinajstić information content (AvgIpc) is 2.93. The Kier molecular flexibility index (Phi) is 4.55. The van der Waals surface area contributed by atoms with E-state index in [-0.39, 0.29) is 11.6 Å². The first kappa shape index (κ1) is 14.6. The first-order chi connectivity index (χ1) is 10.1. The lowest BCUT2D eigenvalue weighted by Crippen LogP contribution is -2.18. The van der Waals surface area contributed by atoms with Crippen LogP contribution >= 0.6 is 0 Å². The zero-order valence-corrected chi connectivity index (χ0v) is 12.0. The van der Waals surface area contributed by atoms with Crippen LogP contribution in [-0.4, -0.2) is 36.5 Å². The van der Waals surface area contributed by atoms with Crippen molar-refractivity contribution >= 4 is 12.1 Å². The number of hydrogen-bond donors (Lipinski definition) is 2. The summed E-state index contributed by atoms with van der Waals surface area (Å²) in [5.41, 5.74) is 4.27. The normalized spacial score (nSPS) is 10.6. The number of nitrogens with zero attached hydrogens (tertiary/aromatic N) is 2. The van der Waals surface area contributed by atoms with Crippen LogP contribution in [0.1, 0.15) is 21.7 Å². The number of nitrogens with one attached hydrogen (secondary N) is 2. The van der Waals surface area contributed by atoms with E-state index in [1.165, 1.54) is 6.21 Å². The van der Waals surface area contributed by atoms with Crippen molar-refractivity contribution in [2.24, 2.45) is 5.10 Å². The summed E-state index contributed by atoms with van der Waals surface area (Å²) in [6.45, 7) is 1.82. The van der Waals surface area contributed by atoms with Crippen LogP contribution in [0.25, 0.3) is 0 Å². The van der Waals surface area contributed by atoms with Crippen molar-refractivity contribution < 1.29 is 14.3 Å². The van der Waals surface area contributed by atoms with Crippen LogP contribution in [0.3, 0.4) is 0 Å². The van der Waals surface area contributed by atoms with Crippen molar-refractivity contribution in [2.45, 2.75) is 6.92 Å². The molecule has 0 aliphatic rings. The Bertz CT molecular complexity index is 664. The van der Waals surface area contributed by atoms with Crippen molar-refractivity contribution in [1.82, 2.24) is 15.6 Å². The Balaban J connectivity index is 2.03. The largest absolute Gasteiger partial charge is 0.493 e.